The Balaban J connectivity index is 1.68. The third-order valence-corrected chi connectivity index (χ3v) is 6.69. The summed E-state index contributed by atoms with van der Waals surface area (Å²) in [4.78, 5) is 12.8. The molecule has 0 radical (unpaired) electrons. The molecule has 3 aromatic rings. The van der Waals surface area contributed by atoms with Crippen molar-refractivity contribution in [1.29, 1.82) is 0 Å². The van der Waals surface area contributed by atoms with Gasteiger partial charge in [-0.3, -0.25) is 0 Å². The van der Waals surface area contributed by atoms with Gasteiger partial charge in [-0.2, -0.15) is 0 Å². The monoisotopic (exact) mass is 481 g/mol. The first-order valence-corrected chi connectivity index (χ1v) is 12.0. The smallest absolute Gasteiger partial charge is 0.407 e. The van der Waals surface area contributed by atoms with Crippen LogP contribution in [0.25, 0.3) is 11.1 Å². The van der Waals surface area contributed by atoms with Crippen molar-refractivity contribution < 1.29 is 18.7 Å². The van der Waals surface area contributed by atoms with Crippen LogP contribution in [0.1, 0.15) is 44.5 Å². The number of halogens is 2. The van der Waals surface area contributed by atoms with Gasteiger partial charge < -0.3 is 19.9 Å². The highest BCUT2D eigenvalue weighted by molar-refractivity contribution is 5.65. The zero-order chi connectivity index (χ0) is 25.2. The summed E-state index contributed by atoms with van der Waals surface area (Å²) in [5, 5.41) is 13.0. The maximum atomic E-state index is 14.7. The number of rotatable bonds is 7. The molecule has 0 unspecified atom stereocenters. The minimum atomic E-state index is -0.877. The van der Waals surface area contributed by atoms with Gasteiger partial charge in [0.25, 0.3) is 0 Å². The molecule has 1 aliphatic rings. The first kappa shape index (κ1) is 24.9. The van der Waals surface area contributed by atoms with Crippen LogP contribution in [0.3, 0.4) is 0 Å². The molecule has 1 aliphatic heterocycles. The SMILES string of the molecule is CC(C)(C)[C@@H](NC[C@H]1CCN(C(=O)O)C1)c1cc(-c2cc(F)ccc2F)cn1Cc1ccccc1. The van der Waals surface area contributed by atoms with Crippen LogP contribution >= 0.6 is 0 Å². The quantitative estimate of drug-likeness (QED) is 0.425. The van der Waals surface area contributed by atoms with E-state index in [1.54, 1.807) is 0 Å². The molecule has 1 fully saturated rings. The van der Waals surface area contributed by atoms with Crippen molar-refractivity contribution in [1.82, 2.24) is 14.8 Å². The van der Waals surface area contributed by atoms with Gasteiger partial charge in [0.2, 0.25) is 0 Å². The van der Waals surface area contributed by atoms with E-state index in [0.717, 1.165) is 29.8 Å². The summed E-state index contributed by atoms with van der Waals surface area (Å²) in [7, 11) is 0. The largest absolute Gasteiger partial charge is 0.465 e. The number of likely N-dealkylation sites (tertiary alicyclic amines) is 1. The number of nitrogens with zero attached hydrogens (tertiary/aromatic N) is 2. The maximum absolute atomic E-state index is 14.7. The minimum Gasteiger partial charge on any atom is -0.465 e. The van der Waals surface area contributed by atoms with Gasteiger partial charge in [0, 0.05) is 49.2 Å². The summed E-state index contributed by atoms with van der Waals surface area (Å²) in [5.74, 6) is -0.711. The third-order valence-electron chi connectivity index (χ3n) is 6.69. The van der Waals surface area contributed by atoms with Crippen LogP contribution in [0.15, 0.2) is 60.8 Å². The van der Waals surface area contributed by atoms with E-state index in [1.165, 1.54) is 11.0 Å². The van der Waals surface area contributed by atoms with Crippen molar-refractivity contribution in [2.75, 3.05) is 19.6 Å². The van der Waals surface area contributed by atoms with Gasteiger partial charge in [-0.1, -0.05) is 51.1 Å². The number of aromatic nitrogens is 1. The highest BCUT2D eigenvalue weighted by Crippen LogP contribution is 2.37. The number of hydrogen-bond donors (Lipinski definition) is 2. The molecule has 35 heavy (non-hydrogen) atoms. The molecule has 0 bridgehead atoms. The lowest BCUT2D eigenvalue weighted by molar-refractivity contribution is 0.153. The molecule has 2 atom stereocenters. The van der Waals surface area contributed by atoms with Crippen molar-refractivity contribution in [2.45, 2.75) is 39.8 Å². The number of nitrogens with one attached hydrogen (secondary N) is 1. The Morgan fingerprint density at radius 2 is 1.89 bits per heavy atom. The summed E-state index contributed by atoms with van der Waals surface area (Å²) in [6.07, 6.45) is 1.84. The van der Waals surface area contributed by atoms with Crippen molar-refractivity contribution in [3.63, 3.8) is 0 Å². The second-order valence-corrected chi connectivity index (χ2v) is 10.5. The predicted octanol–water partition coefficient (Wildman–Crippen LogP) is 6.16. The van der Waals surface area contributed by atoms with Crippen molar-refractivity contribution in [2.24, 2.45) is 11.3 Å². The van der Waals surface area contributed by atoms with Crippen molar-refractivity contribution >= 4 is 6.09 Å². The van der Waals surface area contributed by atoms with Crippen LogP contribution in [0.2, 0.25) is 0 Å². The van der Waals surface area contributed by atoms with E-state index in [1.807, 2.05) is 42.6 Å². The topological polar surface area (TPSA) is 57.5 Å². The lowest BCUT2D eigenvalue weighted by Crippen LogP contribution is -2.37. The Hall–Kier alpha value is -3.19. The van der Waals surface area contributed by atoms with Crippen molar-refractivity contribution in [3.05, 3.63) is 83.7 Å². The normalized spacial score (nSPS) is 17.1. The molecule has 186 valence electrons. The number of carbonyl (C=O) groups is 1. The van der Waals surface area contributed by atoms with Crippen LogP contribution < -0.4 is 5.32 Å². The third kappa shape index (κ3) is 5.90. The second kappa shape index (κ2) is 10.2. The summed E-state index contributed by atoms with van der Waals surface area (Å²) in [5.41, 5.74) is 2.76. The number of amides is 1. The zero-order valence-electron chi connectivity index (χ0n) is 20.5. The molecule has 5 nitrogen and oxygen atoms in total. The minimum absolute atomic E-state index is 0.0875. The fourth-order valence-corrected chi connectivity index (χ4v) is 4.87. The molecule has 0 spiro atoms. The van der Waals surface area contributed by atoms with E-state index in [4.69, 9.17) is 0 Å². The highest BCUT2D eigenvalue weighted by Gasteiger charge is 2.32. The maximum Gasteiger partial charge on any atom is 0.407 e. The molecule has 1 saturated heterocycles. The molecule has 1 aromatic heterocycles. The van der Waals surface area contributed by atoms with Crippen LogP contribution in [-0.2, 0) is 6.54 Å². The van der Waals surface area contributed by atoms with Gasteiger partial charge >= 0.3 is 6.09 Å². The Bertz CT molecular complexity index is 1170. The van der Waals surface area contributed by atoms with E-state index in [0.29, 0.717) is 31.7 Å². The van der Waals surface area contributed by atoms with E-state index >= 15 is 0 Å². The fourth-order valence-electron chi connectivity index (χ4n) is 4.87. The Morgan fingerprint density at radius 1 is 1.14 bits per heavy atom. The molecule has 2 heterocycles. The lowest BCUT2D eigenvalue weighted by Gasteiger charge is -2.33. The number of benzene rings is 2. The average Bonchev–Trinajstić information content (AvgIpc) is 3.43. The predicted molar refractivity (Wildman–Crippen MR) is 133 cm³/mol. The second-order valence-electron chi connectivity index (χ2n) is 10.5. The molecular formula is C28H33F2N3O2. The molecule has 4 rings (SSSR count). The standard InChI is InChI=1S/C28H33F2N3O2/c1-28(2,3)26(31-15-20-11-12-32(17-20)27(34)35)25-13-21(23-14-22(29)9-10-24(23)30)18-33(25)16-19-7-5-4-6-8-19/h4-10,13-14,18,20,26,31H,11-12,15-17H2,1-3H3,(H,34,35)/t20-,26+/m1/s1. The van der Waals surface area contributed by atoms with Gasteiger partial charge in [0.05, 0.1) is 6.04 Å². The Morgan fingerprint density at radius 3 is 2.54 bits per heavy atom. The van der Waals surface area contributed by atoms with Gasteiger partial charge in [-0.25, -0.2) is 13.6 Å². The number of hydrogen-bond acceptors (Lipinski definition) is 2. The molecule has 7 heteroatoms. The van der Waals surface area contributed by atoms with Crippen LogP contribution in [0, 0.1) is 23.0 Å². The van der Waals surface area contributed by atoms with E-state index < -0.39 is 17.7 Å². The fraction of sp³-hybridized carbons (Fsp3) is 0.393. The van der Waals surface area contributed by atoms with E-state index in [9.17, 15) is 18.7 Å². The lowest BCUT2D eigenvalue weighted by atomic mass is 9.84. The average molecular weight is 482 g/mol. The van der Waals surface area contributed by atoms with E-state index in [-0.39, 0.29) is 22.9 Å². The highest BCUT2D eigenvalue weighted by atomic mass is 19.1. The van der Waals surface area contributed by atoms with Crippen LogP contribution in [0.4, 0.5) is 13.6 Å². The van der Waals surface area contributed by atoms with Crippen LogP contribution in [-0.4, -0.2) is 40.3 Å². The Kier molecular flexibility index (Phi) is 7.26. The summed E-state index contributed by atoms with van der Waals surface area (Å²) < 4.78 is 30.8. The molecule has 0 aliphatic carbocycles. The summed E-state index contributed by atoms with van der Waals surface area (Å²) in [6, 6.07) is 15.4. The summed E-state index contributed by atoms with van der Waals surface area (Å²) >= 11 is 0. The number of carboxylic acid groups (broad SMARTS) is 1. The summed E-state index contributed by atoms with van der Waals surface area (Å²) in [6.45, 7) is 8.77. The first-order valence-electron chi connectivity index (χ1n) is 12.0. The molecule has 0 saturated carbocycles. The van der Waals surface area contributed by atoms with Gasteiger partial charge in [0.15, 0.2) is 0 Å². The van der Waals surface area contributed by atoms with Gasteiger partial charge in [0.1, 0.15) is 11.6 Å². The van der Waals surface area contributed by atoms with Crippen molar-refractivity contribution in [3.8, 4) is 11.1 Å². The van der Waals surface area contributed by atoms with Gasteiger partial charge in [-0.15, -0.1) is 0 Å². The van der Waals surface area contributed by atoms with Gasteiger partial charge in [-0.05, 0) is 47.6 Å². The molecule has 2 N–H and O–H groups in total. The molecular weight excluding hydrogens is 448 g/mol. The Labute approximate surface area is 205 Å². The molecule has 2 aromatic carbocycles. The first-order chi connectivity index (χ1) is 16.6. The molecule has 1 amide bonds. The van der Waals surface area contributed by atoms with Crippen LogP contribution in [0.5, 0.6) is 0 Å². The van der Waals surface area contributed by atoms with E-state index in [2.05, 4.69) is 30.7 Å². The zero-order valence-corrected chi connectivity index (χ0v) is 20.5.